The van der Waals surface area contributed by atoms with E-state index in [1.807, 2.05) is 12.1 Å². The predicted molar refractivity (Wildman–Crippen MR) is 74.4 cm³/mol. The SMILES string of the molecule is COc1cc(C(C#N)NCC2CCCO2)cc2c1OCO2. The first-order valence-electron chi connectivity index (χ1n) is 7.04. The molecule has 3 rings (SSSR count). The van der Waals surface area contributed by atoms with Gasteiger partial charge in [0.1, 0.15) is 6.04 Å². The highest BCUT2D eigenvalue weighted by Gasteiger charge is 2.24. The zero-order chi connectivity index (χ0) is 14.7. The number of methoxy groups -OCH3 is 1. The van der Waals surface area contributed by atoms with Gasteiger partial charge in [0.2, 0.25) is 12.5 Å². The molecule has 2 atom stereocenters. The number of rotatable bonds is 5. The monoisotopic (exact) mass is 290 g/mol. The van der Waals surface area contributed by atoms with Crippen molar-refractivity contribution in [3.8, 4) is 23.3 Å². The summed E-state index contributed by atoms with van der Waals surface area (Å²) in [5.41, 5.74) is 0.802. The lowest BCUT2D eigenvalue weighted by atomic mass is 10.1. The van der Waals surface area contributed by atoms with Crippen LogP contribution in [0.5, 0.6) is 17.2 Å². The molecule has 1 fully saturated rings. The molecule has 0 spiro atoms. The van der Waals surface area contributed by atoms with Crippen molar-refractivity contribution in [2.24, 2.45) is 0 Å². The number of nitrogens with zero attached hydrogens (tertiary/aromatic N) is 1. The van der Waals surface area contributed by atoms with Crippen LogP contribution in [0.25, 0.3) is 0 Å². The highest BCUT2D eigenvalue weighted by Crippen LogP contribution is 2.42. The van der Waals surface area contributed by atoms with Crippen LogP contribution < -0.4 is 19.5 Å². The first kappa shape index (κ1) is 14.0. The Morgan fingerprint density at radius 1 is 1.48 bits per heavy atom. The summed E-state index contributed by atoms with van der Waals surface area (Å²) >= 11 is 0. The highest BCUT2D eigenvalue weighted by molar-refractivity contribution is 5.56. The summed E-state index contributed by atoms with van der Waals surface area (Å²) in [4.78, 5) is 0. The van der Waals surface area contributed by atoms with Gasteiger partial charge in [-0.3, -0.25) is 5.32 Å². The summed E-state index contributed by atoms with van der Waals surface area (Å²) in [7, 11) is 1.57. The van der Waals surface area contributed by atoms with E-state index in [0.29, 0.717) is 23.8 Å². The Morgan fingerprint density at radius 2 is 2.38 bits per heavy atom. The van der Waals surface area contributed by atoms with E-state index in [1.165, 1.54) is 0 Å². The van der Waals surface area contributed by atoms with Crippen LogP contribution in [0, 0.1) is 11.3 Å². The number of benzene rings is 1. The molecule has 21 heavy (non-hydrogen) atoms. The van der Waals surface area contributed by atoms with Crippen molar-refractivity contribution >= 4 is 0 Å². The van der Waals surface area contributed by atoms with E-state index in [-0.39, 0.29) is 12.9 Å². The van der Waals surface area contributed by atoms with Gasteiger partial charge in [0.15, 0.2) is 11.5 Å². The summed E-state index contributed by atoms with van der Waals surface area (Å²) in [6, 6.07) is 5.46. The molecule has 112 valence electrons. The normalized spacial score (nSPS) is 21.0. The van der Waals surface area contributed by atoms with E-state index in [9.17, 15) is 5.26 Å². The average Bonchev–Trinajstić information content (AvgIpc) is 3.17. The Balaban J connectivity index is 1.75. The molecule has 1 saturated heterocycles. The van der Waals surface area contributed by atoms with Crippen LogP contribution in [0.4, 0.5) is 0 Å². The van der Waals surface area contributed by atoms with Gasteiger partial charge in [-0.05, 0) is 30.5 Å². The van der Waals surface area contributed by atoms with Gasteiger partial charge >= 0.3 is 0 Å². The Labute approximate surface area is 123 Å². The molecule has 0 aliphatic carbocycles. The minimum Gasteiger partial charge on any atom is -0.493 e. The van der Waals surface area contributed by atoms with Crippen molar-refractivity contribution in [1.29, 1.82) is 5.26 Å². The van der Waals surface area contributed by atoms with Crippen LogP contribution >= 0.6 is 0 Å². The lowest BCUT2D eigenvalue weighted by molar-refractivity contribution is 0.109. The summed E-state index contributed by atoms with van der Waals surface area (Å²) in [5.74, 6) is 1.79. The lowest BCUT2D eigenvalue weighted by Gasteiger charge is -2.16. The largest absolute Gasteiger partial charge is 0.493 e. The van der Waals surface area contributed by atoms with Crippen molar-refractivity contribution in [2.75, 3.05) is 27.1 Å². The van der Waals surface area contributed by atoms with Gasteiger partial charge in [-0.25, -0.2) is 0 Å². The molecule has 2 aliphatic heterocycles. The number of fused-ring (bicyclic) bond motifs is 1. The number of hydrogen-bond acceptors (Lipinski definition) is 6. The third-order valence-electron chi connectivity index (χ3n) is 3.72. The Kier molecular flexibility index (Phi) is 4.13. The van der Waals surface area contributed by atoms with Gasteiger partial charge < -0.3 is 18.9 Å². The second-order valence-electron chi connectivity index (χ2n) is 5.06. The zero-order valence-electron chi connectivity index (χ0n) is 11.9. The highest BCUT2D eigenvalue weighted by atomic mass is 16.7. The molecule has 2 heterocycles. The number of nitrogens with one attached hydrogen (secondary N) is 1. The Bertz CT molecular complexity index is 549. The van der Waals surface area contributed by atoms with Crippen molar-refractivity contribution in [3.63, 3.8) is 0 Å². The maximum atomic E-state index is 9.40. The lowest BCUT2D eigenvalue weighted by Crippen LogP contribution is -2.29. The number of ether oxygens (including phenoxy) is 4. The predicted octanol–water partition coefficient (Wildman–Crippen LogP) is 1.76. The molecule has 0 aromatic heterocycles. The molecule has 1 aromatic carbocycles. The minimum atomic E-state index is -0.433. The van der Waals surface area contributed by atoms with Crippen LogP contribution in [-0.4, -0.2) is 33.2 Å². The van der Waals surface area contributed by atoms with Gasteiger partial charge in [0, 0.05) is 13.2 Å². The van der Waals surface area contributed by atoms with E-state index in [1.54, 1.807) is 7.11 Å². The molecule has 0 amide bonds. The maximum Gasteiger partial charge on any atom is 0.231 e. The molecule has 1 aromatic rings. The second kappa shape index (κ2) is 6.20. The van der Waals surface area contributed by atoms with Gasteiger partial charge in [-0.15, -0.1) is 0 Å². The van der Waals surface area contributed by atoms with Crippen LogP contribution in [0.3, 0.4) is 0 Å². The van der Waals surface area contributed by atoms with Gasteiger partial charge in [-0.2, -0.15) is 5.26 Å². The van der Waals surface area contributed by atoms with Crippen LogP contribution in [0.2, 0.25) is 0 Å². The fourth-order valence-electron chi connectivity index (χ4n) is 2.61. The third-order valence-corrected chi connectivity index (χ3v) is 3.72. The molecular weight excluding hydrogens is 272 g/mol. The van der Waals surface area contributed by atoms with E-state index >= 15 is 0 Å². The molecule has 0 saturated carbocycles. The van der Waals surface area contributed by atoms with Gasteiger partial charge in [0.25, 0.3) is 0 Å². The third kappa shape index (κ3) is 2.89. The average molecular weight is 290 g/mol. The second-order valence-corrected chi connectivity index (χ2v) is 5.06. The fourth-order valence-corrected chi connectivity index (χ4v) is 2.61. The smallest absolute Gasteiger partial charge is 0.231 e. The van der Waals surface area contributed by atoms with Gasteiger partial charge in [0.05, 0.1) is 19.3 Å². The maximum absolute atomic E-state index is 9.40. The van der Waals surface area contributed by atoms with E-state index < -0.39 is 6.04 Å². The molecular formula is C15H18N2O4. The zero-order valence-corrected chi connectivity index (χ0v) is 11.9. The van der Waals surface area contributed by atoms with Gasteiger partial charge in [-0.1, -0.05) is 0 Å². The number of nitriles is 1. The summed E-state index contributed by atoms with van der Waals surface area (Å²) in [6.45, 7) is 1.64. The molecule has 6 nitrogen and oxygen atoms in total. The van der Waals surface area contributed by atoms with E-state index in [2.05, 4.69) is 11.4 Å². The molecule has 2 unspecified atom stereocenters. The fraction of sp³-hybridized carbons (Fsp3) is 0.533. The molecule has 6 heteroatoms. The molecule has 0 bridgehead atoms. The Morgan fingerprint density at radius 3 is 3.10 bits per heavy atom. The first-order chi connectivity index (χ1) is 10.3. The van der Waals surface area contributed by atoms with Crippen molar-refractivity contribution < 1.29 is 18.9 Å². The molecule has 0 radical (unpaired) electrons. The van der Waals surface area contributed by atoms with Crippen molar-refractivity contribution in [1.82, 2.24) is 5.32 Å². The number of hydrogen-bond donors (Lipinski definition) is 1. The van der Waals surface area contributed by atoms with Crippen LogP contribution in [0.15, 0.2) is 12.1 Å². The van der Waals surface area contributed by atoms with E-state index in [4.69, 9.17) is 18.9 Å². The Hall–Kier alpha value is -1.97. The quantitative estimate of drug-likeness (QED) is 0.890. The van der Waals surface area contributed by atoms with Crippen LogP contribution in [0.1, 0.15) is 24.4 Å². The van der Waals surface area contributed by atoms with Crippen LogP contribution in [-0.2, 0) is 4.74 Å². The van der Waals surface area contributed by atoms with Crippen molar-refractivity contribution in [2.45, 2.75) is 25.0 Å². The summed E-state index contributed by atoms with van der Waals surface area (Å²) in [5, 5.41) is 12.6. The first-order valence-corrected chi connectivity index (χ1v) is 7.04. The summed E-state index contributed by atoms with van der Waals surface area (Å²) < 4.78 is 21.6. The van der Waals surface area contributed by atoms with Crippen molar-refractivity contribution in [3.05, 3.63) is 17.7 Å². The minimum absolute atomic E-state index is 0.176. The topological polar surface area (TPSA) is 72.7 Å². The molecule has 1 N–H and O–H groups in total. The molecule has 2 aliphatic rings. The summed E-state index contributed by atoms with van der Waals surface area (Å²) in [6.07, 6.45) is 2.31. The van der Waals surface area contributed by atoms with E-state index in [0.717, 1.165) is 25.0 Å². The standard InChI is InChI=1S/C15H18N2O4/c1-18-13-5-10(6-14-15(13)21-9-20-14)12(7-16)17-8-11-3-2-4-19-11/h5-6,11-12,17H,2-4,8-9H2,1H3.